The Bertz CT molecular complexity index is 935. The van der Waals surface area contributed by atoms with Crippen LogP contribution >= 0.6 is 12.2 Å². The monoisotopic (exact) mass is 365 g/mol. The van der Waals surface area contributed by atoms with Gasteiger partial charge in [-0.3, -0.25) is 19.8 Å². The van der Waals surface area contributed by atoms with E-state index in [0.717, 1.165) is 22.5 Å². The molecule has 0 atom stereocenters. The van der Waals surface area contributed by atoms with Gasteiger partial charge in [0.25, 0.3) is 11.8 Å². The quantitative estimate of drug-likeness (QED) is 0.392. The fourth-order valence-corrected chi connectivity index (χ4v) is 3.29. The number of nitrogens with one attached hydrogen (secondary N) is 1. The molecule has 0 radical (unpaired) electrons. The lowest BCUT2D eigenvalue weighted by Crippen LogP contribution is -2.53. The number of benzene rings is 1. The first kappa shape index (κ1) is 17.8. The van der Waals surface area contributed by atoms with Crippen LogP contribution in [-0.2, 0) is 9.59 Å². The number of carbonyl (C=O) groups excluding carboxylic acids is 2. The standard InChI is InChI=1S/C20H19N3O2S/c1-4-10-23-19(25)16(18(24)21-20(23)26)12-15-9-6-11-22(15)17-13(2)7-5-8-14(17)3/h4-9,11-12H,1,10H2,2-3H3,(H,21,24,26)/b16-12-. The maximum atomic E-state index is 12.7. The summed E-state index contributed by atoms with van der Waals surface area (Å²) in [5.41, 5.74) is 4.04. The molecular formula is C20H19N3O2S. The van der Waals surface area contributed by atoms with Gasteiger partial charge < -0.3 is 4.57 Å². The Morgan fingerprint density at radius 1 is 1.15 bits per heavy atom. The number of thiocarbonyl (C=S) groups is 1. The lowest BCUT2D eigenvalue weighted by Gasteiger charge is -2.27. The Labute approximate surface area is 157 Å². The maximum Gasteiger partial charge on any atom is 0.266 e. The second-order valence-electron chi connectivity index (χ2n) is 6.07. The number of carbonyl (C=O) groups is 2. The van der Waals surface area contributed by atoms with E-state index in [2.05, 4.69) is 11.9 Å². The highest BCUT2D eigenvalue weighted by atomic mass is 32.1. The highest BCUT2D eigenvalue weighted by Crippen LogP contribution is 2.23. The summed E-state index contributed by atoms with van der Waals surface area (Å²) < 4.78 is 1.98. The molecule has 6 heteroatoms. The van der Waals surface area contributed by atoms with Crippen LogP contribution in [0.5, 0.6) is 0 Å². The highest BCUT2D eigenvalue weighted by molar-refractivity contribution is 7.80. The second kappa shape index (κ2) is 7.09. The number of hydrogen-bond donors (Lipinski definition) is 1. The van der Waals surface area contributed by atoms with E-state index in [1.165, 1.54) is 4.90 Å². The van der Waals surface area contributed by atoms with Gasteiger partial charge in [-0.2, -0.15) is 0 Å². The van der Waals surface area contributed by atoms with E-state index in [0.29, 0.717) is 0 Å². The zero-order valence-corrected chi connectivity index (χ0v) is 15.5. The van der Waals surface area contributed by atoms with Crippen LogP contribution in [0.15, 0.2) is 54.8 Å². The molecule has 2 heterocycles. The Balaban J connectivity index is 2.07. The van der Waals surface area contributed by atoms with Crippen molar-refractivity contribution in [3.63, 3.8) is 0 Å². The van der Waals surface area contributed by atoms with Gasteiger partial charge in [0.15, 0.2) is 5.11 Å². The van der Waals surface area contributed by atoms with Crippen LogP contribution in [0.3, 0.4) is 0 Å². The highest BCUT2D eigenvalue weighted by Gasteiger charge is 2.32. The number of aromatic nitrogens is 1. The topological polar surface area (TPSA) is 54.3 Å². The van der Waals surface area contributed by atoms with Gasteiger partial charge in [-0.15, -0.1) is 6.58 Å². The van der Waals surface area contributed by atoms with Crippen molar-refractivity contribution in [3.05, 3.63) is 71.6 Å². The minimum Gasteiger partial charge on any atom is -0.317 e. The predicted octanol–water partition coefficient (Wildman–Crippen LogP) is 2.91. The van der Waals surface area contributed by atoms with Gasteiger partial charge in [0, 0.05) is 18.4 Å². The third kappa shape index (κ3) is 3.11. The molecule has 0 unspecified atom stereocenters. The maximum absolute atomic E-state index is 12.7. The SMILES string of the molecule is C=CCN1C(=O)/C(=C\c2cccn2-c2c(C)cccc2C)C(=O)NC1=S. The van der Waals surface area contributed by atoms with Crippen molar-refractivity contribution in [1.82, 2.24) is 14.8 Å². The lowest BCUT2D eigenvalue weighted by molar-refractivity contribution is -0.128. The zero-order chi connectivity index (χ0) is 18.8. The fourth-order valence-electron chi connectivity index (χ4n) is 3.04. The molecule has 3 rings (SSSR count). The largest absolute Gasteiger partial charge is 0.317 e. The summed E-state index contributed by atoms with van der Waals surface area (Å²) in [5.74, 6) is -0.914. The average Bonchev–Trinajstić information content (AvgIpc) is 3.03. The van der Waals surface area contributed by atoms with E-state index < -0.39 is 11.8 Å². The summed E-state index contributed by atoms with van der Waals surface area (Å²) in [5, 5.41) is 2.66. The van der Waals surface area contributed by atoms with Crippen molar-refractivity contribution in [1.29, 1.82) is 0 Å². The molecule has 2 aromatic rings. The average molecular weight is 365 g/mol. The molecule has 0 aliphatic carbocycles. The smallest absolute Gasteiger partial charge is 0.266 e. The van der Waals surface area contributed by atoms with Crippen LogP contribution in [-0.4, -0.2) is 32.9 Å². The van der Waals surface area contributed by atoms with Crippen LogP contribution in [0.2, 0.25) is 0 Å². The van der Waals surface area contributed by atoms with Crippen molar-refractivity contribution in [3.8, 4) is 5.69 Å². The van der Waals surface area contributed by atoms with Crippen molar-refractivity contribution >= 4 is 35.2 Å². The van der Waals surface area contributed by atoms with Crippen molar-refractivity contribution in [2.45, 2.75) is 13.8 Å². The number of nitrogens with zero attached hydrogens (tertiary/aromatic N) is 2. The normalized spacial score (nSPS) is 16.2. The van der Waals surface area contributed by atoms with Crippen LogP contribution < -0.4 is 5.32 Å². The zero-order valence-electron chi connectivity index (χ0n) is 14.7. The van der Waals surface area contributed by atoms with E-state index >= 15 is 0 Å². The second-order valence-corrected chi connectivity index (χ2v) is 6.45. The van der Waals surface area contributed by atoms with Gasteiger partial charge in [-0.25, -0.2) is 0 Å². The number of amides is 2. The molecule has 1 N–H and O–H groups in total. The first-order chi connectivity index (χ1) is 12.4. The summed E-state index contributed by atoms with van der Waals surface area (Å²) in [7, 11) is 0. The summed E-state index contributed by atoms with van der Waals surface area (Å²) >= 11 is 5.08. The van der Waals surface area contributed by atoms with E-state index in [9.17, 15) is 9.59 Å². The van der Waals surface area contributed by atoms with Crippen molar-refractivity contribution in [2.75, 3.05) is 6.54 Å². The van der Waals surface area contributed by atoms with Crippen molar-refractivity contribution < 1.29 is 9.59 Å². The van der Waals surface area contributed by atoms with Crippen LogP contribution in [0, 0.1) is 13.8 Å². The molecule has 0 saturated carbocycles. The summed E-state index contributed by atoms with van der Waals surface area (Å²) in [6.45, 7) is 7.93. The number of para-hydroxylation sites is 1. The lowest BCUT2D eigenvalue weighted by atomic mass is 10.1. The molecule has 5 nitrogen and oxygen atoms in total. The van der Waals surface area contributed by atoms with E-state index in [4.69, 9.17) is 12.2 Å². The van der Waals surface area contributed by atoms with E-state index in [-0.39, 0.29) is 17.2 Å². The minimum atomic E-state index is -0.491. The van der Waals surface area contributed by atoms with Gasteiger partial charge in [-0.05, 0) is 55.4 Å². The molecule has 1 saturated heterocycles. The number of aryl methyl sites for hydroxylation is 2. The van der Waals surface area contributed by atoms with E-state index in [1.807, 2.05) is 54.9 Å². The third-order valence-electron chi connectivity index (χ3n) is 4.25. The molecule has 0 bridgehead atoms. The molecule has 1 aromatic heterocycles. The van der Waals surface area contributed by atoms with Gasteiger partial charge >= 0.3 is 0 Å². The minimum absolute atomic E-state index is 0.0478. The number of rotatable bonds is 4. The molecule has 1 fully saturated rings. The first-order valence-electron chi connectivity index (χ1n) is 8.17. The molecule has 2 amide bonds. The number of hydrogen-bond acceptors (Lipinski definition) is 3. The molecule has 1 aliphatic heterocycles. The Morgan fingerprint density at radius 2 is 1.85 bits per heavy atom. The van der Waals surface area contributed by atoms with Gasteiger partial charge in [-0.1, -0.05) is 24.3 Å². The van der Waals surface area contributed by atoms with E-state index in [1.54, 1.807) is 12.2 Å². The van der Waals surface area contributed by atoms with Crippen LogP contribution in [0.25, 0.3) is 11.8 Å². The van der Waals surface area contributed by atoms with Gasteiger partial charge in [0.05, 0.1) is 5.69 Å². The third-order valence-corrected chi connectivity index (χ3v) is 4.57. The first-order valence-corrected chi connectivity index (χ1v) is 8.58. The fraction of sp³-hybridized carbons (Fsp3) is 0.150. The Kier molecular flexibility index (Phi) is 4.86. The molecule has 26 heavy (non-hydrogen) atoms. The molecule has 0 spiro atoms. The molecule has 132 valence electrons. The van der Waals surface area contributed by atoms with Crippen LogP contribution in [0.4, 0.5) is 0 Å². The Hall–Kier alpha value is -2.99. The van der Waals surface area contributed by atoms with Gasteiger partial charge in [0.1, 0.15) is 5.57 Å². The summed E-state index contributed by atoms with van der Waals surface area (Å²) in [4.78, 5) is 26.3. The molecule has 1 aromatic carbocycles. The Morgan fingerprint density at radius 3 is 2.50 bits per heavy atom. The van der Waals surface area contributed by atoms with Crippen molar-refractivity contribution in [2.24, 2.45) is 0 Å². The predicted molar refractivity (Wildman–Crippen MR) is 106 cm³/mol. The van der Waals surface area contributed by atoms with Crippen LogP contribution in [0.1, 0.15) is 16.8 Å². The summed E-state index contributed by atoms with van der Waals surface area (Å²) in [6.07, 6.45) is 5.08. The van der Waals surface area contributed by atoms with Gasteiger partial charge in [0.2, 0.25) is 0 Å². The molecular weight excluding hydrogens is 346 g/mol. The summed E-state index contributed by atoms with van der Waals surface area (Å²) in [6, 6.07) is 9.81. The molecule has 1 aliphatic rings.